The van der Waals surface area contributed by atoms with E-state index in [1.165, 1.54) is 12.1 Å². The quantitative estimate of drug-likeness (QED) is 0.589. The van der Waals surface area contributed by atoms with Gasteiger partial charge in [-0.05, 0) is 6.07 Å². The summed E-state index contributed by atoms with van der Waals surface area (Å²) in [4.78, 5) is 25.8. The van der Waals surface area contributed by atoms with Crippen molar-refractivity contribution in [2.75, 3.05) is 18.4 Å². The minimum Gasteiger partial charge on any atom is -0.364 e. The molecular weight excluding hydrogens is 224 g/mol. The van der Waals surface area contributed by atoms with Crippen LogP contribution in [0.15, 0.2) is 29.3 Å². The molecule has 0 atom stereocenters. The molecular formula is C10H10N4O3. The van der Waals surface area contributed by atoms with Crippen LogP contribution in [0.25, 0.3) is 0 Å². The van der Waals surface area contributed by atoms with Crippen LogP contribution in [-0.2, 0) is 4.79 Å². The van der Waals surface area contributed by atoms with Gasteiger partial charge in [-0.3, -0.25) is 19.9 Å². The van der Waals surface area contributed by atoms with Crippen molar-refractivity contribution in [2.24, 2.45) is 4.99 Å². The molecule has 2 N–H and O–H groups in total. The summed E-state index contributed by atoms with van der Waals surface area (Å²) in [6.07, 6.45) is 0. The number of aliphatic imine (C=N–C) groups is 1. The number of nitro benzene ring substituents is 1. The molecule has 0 aliphatic carbocycles. The molecule has 1 amide bonds. The molecule has 1 aliphatic heterocycles. The normalized spacial score (nSPS) is 13.8. The molecule has 1 aromatic carbocycles. The van der Waals surface area contributed by atoms with Crippen molar-refractivity contribution in [2.45, 2.75) is 0 Å². The summed E-state index contributed by atoms with van der Waals surface area (Å²) in [6.45, 7) is 1.15. The second-order valence-corrected chi connectivity index (χ2v) is 3.39. The second kappa shape index (κ2) is 4.60. The molecule has 0 fully saturated rings. The van der Waals surface area contributed by atoms with Gasteiger partial charge in [-0.1, -0.05) is 12.1 Å². The van der Waals surface area contributed by atoms with Crippen LogP contribution >= 0.6 is 0 Å². The minimum absolute atomic E-state index is 0.139. The molecule has 7 heteroatoms. The highest BCUT2D eigenvalue weighted by atomic mass is 16.6. The molecule has 0 saturated heterocycles. The fourth-order valence-electron chi connectivity index (χ4n) is 1.47. The number of para-hydroxylation sites is 2. The third-order valence-electron chi connectivity index (χ3n) is 2.24. The number of hydrogen-bond donors (Lipinski definition) is 2. The number of rotatable bonds is 3. The molecule has 17 heavy (non-hydrogen) atoms. The zero-order chi connectivity index (χ0) is 12.3. The van der Waals surface area contributed by atoms with Gasteiger partial charge in [-0.15, -0.1) is 0 Å². The van der Waals surface area contributed by atoms with Crippen molar-refractivity contribution in [3.05, 3.63) is 34.4 Å². The van der Waals surface area contributed by atoms with Crippen LogP contribution in [0.1, 0.15) is 0 Å². The van der Waals surface area contributed by atoms with E-state index >= 15 is 0 Å². The first-order valence-corrected chi connectivity index (χ1v) is 5.01. The standard InChI is InChI=1S/C10H10N4O3/c15-10(9-11-5-6-12-9)13-7-3-1-2-4-8(7)14(16)17/h1-4H,5-6H2,(H,11,12)(H,13,15). The average Bonchev–Trinajstić information content (AvgIpc) is 2.83. The van der Waals surface area contributed by atoms with Crippen LogP contribution in [-0.4, -0.2) is 29.8 Å². The number of nitrogens with one attached hydrogen (secondary N) is 2. The number of benzene rings is 1. The van der Waals surface area contributed by atoms with Gasteiger partial charge in [-0.25, -0.2) is 0 Å². The van der Waals surface area contributed by atoms with E-state index in [0.29, 0.717) is 13.1 Å². The van der Waals surface area contributed by atoms with Crippen molar-refractivity contribution >= 4 is 23.1 Å². The van der Waals surface area contributed by atoms with Gasteiger partial charge >= 0.3 is 0 Å². The number of anilines is 1. The van der Waals surface area contributed by atoms with Gasteiger partial charge in [0.2, 0.25) is 0 Å². The number of hydrogen-bond acceptors (Lipinski definition) is 5. The lowest BCUT2D eigenvalue weighted by Crippen LogP contribution is -2.32. The van der Waals surface area contributed by atoms with Crippen molar-refractivity contribution < 1.29 is 9.72 Å². The molecule has 2 rings (SSSR count). The van der Waals surface area contributed by atoms with E-state index < -0.39 is 10.8 Å². The lowest BCUT2D eigenvalue weighted by atomic mass is 10.2. The average molecular weight is 234 g/mol. The lowest BCUT2D eigenvalue weighted by molar-refractivity contribution is -0.383. The van der Waals surface area contributed by atoms with Crippen molar-refractivity contribution in [1.29, 1.82) is 0 Å². The minimum atomic E-state index is -0.542. The maximum atomic E-state index is 11.7. The first kappa shape index (κ1) is 11.1. The van der Waals surface area contributed by atoms with E-state index in [-0.39, 0.29) is 17.2 Å². The Morgan fingerprint density at radius 1 is 1.47 bits per heavy atom. The Bertz CT molecular complexity index is 498. The van der Waals surface area contributed by atoms with Crippen LogP contribution < -0.4 is 10.6 Å². The molecule has 1 aromatic rings. The zero-order valence-electron chi connectivity index (χ0n) is 8.84. The topological polar surface area (TPSA) is 96.6 Å². The molecule has 7 nitrogen and oxygen atoms in total. The van der Waals surface area contributed by atoms with Crippen LogP contribution in [0, 0.1) is 10.1 Å². The molecule has 0 saturated carbocycles. The smallest absolute Gasteiger partial charge is 0.292 e. The van der Waals surface area contributed by atoms with Crippen LogP contribution in [0.3, 0.4) is 0 Å². The molecule has 0 aromatic heterocycles. The number of nitro groups is 1. The molecule has 1 heterocycles. The molecule has 88 valence electrons. The third-order valence-corrected chi connectivity index (χ3v) is 2.24. The highest BCUT2D eigenvalue weighted by molar-refractivity contribution is 6.42. The number of carbonyl (C=O) groups is 1. The van der Waals surface area contributed by atoms with Gasteiger partial charge in [0, 0.05) is 12.6 Å². The van der Waals surface area contributed by atoms with E-state index in [1.54, 1.807) is 12.1 Å². The fraction of sp³-hybridized carbons (Fsp3) is 0.200. The van der Waals surface area contributed by atoms with Crippen molar-refractivity contribution in [3.8, 4) is 0 Å². The van der Waals surface area contributed by atoms with Crippen LogP contribution in [0.2, 0.25) is 0 Å². The summed E-state index contributed by atoms with van der Waals surface area (Å²) in [5, 5.41) is 16.0. The Morgan fingerprint density at radius 2 is 2.24 bits per heavy atom. The Kier molecular flexibility index (Phi) is 2.99. The third kappa shape index (κ3) is 2.39. The van der Waals surface area contributed by atoms with E-state index in [4.69, 9.17) is 0 Å². The predicted molar refractivity (Wildman–Crippen MR) is 62.0 cm³/mol. The van der Waals surface area contributed by atoms with E-state index in [0.717, 1.165) is 0 Å². The molecule has 0 bridgehead atoms. The Hall–Kier alpha value is -2.44. The van der Waals surface area contributed by atoms with Crippen molar-refractivity contribution in [3.63, 3.8) is 0 Å². The zero-order valence-corrected chi connectivity index (χ0v) is 8.84. The monoisotopic (exact) mass is 234 g/mol. The summed E-state index contributed by atoms with van der Waals surface area (Å²) < 4.78 is 0. The van der Waals surface area contributed by atoms with Crippen LogP contribution in [0.5, 0.6) is 0 Å². The van der Waals surface area contributed by atoms with Gasteiger partial charge in [0.05, 0.1) is 11.5 Å². The molecule has 0 radical (unpaired) electrons. The number of nitrogens with zero attached hydrogens (tertiary/aromatic N) is 2. The summed E-state index contributed by atoms with van der Waals surface area (Å²) in [5.74, 6) is -0.250. The lowest BCUT2D eigenvalue weighted by Gasteiger charge is -2.05. The van der Waals surface area contributed by atoms with E-state index in [9.17, 15) is 14.9 Å². The van der Waals surface area contributed by atoms with Crippen LogP contribution in [0.4, 0.5) is 11.4 Å². The number of amides is 1. The highest BCUT2D eigenvalue weighted by Gasteiger charge is 2.19. The van der Waals surface area contributed by atoms with Gasteiger partial charge in [0.15, 0.2) is 5.84 Å². The summed E-state index contributed by atoms with van der Waals surface area (Å²) in [6, 6.07) is 5.97. The van der Waals surface area contributed by atoms with E-state index in [2.05, 4.69) is 15.6 Å². The molecule has 0 spiro atoms. The van der Waals surface area contributed by atoms with E-state index in [1.807, 2.05) is 0 Å². The van der Waals surface area contributed by atoms with Gasteiger partial charge < -0.3 is 10.6 Å². The Balaban J connectivity index is 2.18. The summed E-state index contributed by atoms with van der Waals surface area (Å²) in [7, 11) is 0. The maximum absolute atomic E-state index is 11.7. The summed E-state index contributed by atoms with van der Waals surface area (Å²) in [5.41, 5.74) is 0.0262. The van der Waals surface area contributed by atoms with Gasteiger partial charge in [0.1, 0.15) is 5.69 Å². The van der Waals surface area contributed by atoms with Crippen molar-refractivity contribution in [1.82, 2.24) is 5.32 Å². The SMILES string of the molecule is O=C(Nc1ccccc1[N+](=O)[O-])C1=NCCN1. The predicted octanol–water partition coefficient (Wildman–Crippen LogP) is 0.535. The summed E-state index contributed by atoms with van der Waals surface area (Å²) >= 11 is 0. The largest absolute Gasteiger partial charge is 0.364 e. The number of amidine groups is 1. The highest BCUT2D eigenvalue weighted by Crippen LogP contribution is 2.22. The first-order chi connectivity index (χ1) is 8.18. The molecule has 1 aliphatic rings. The Labute approximate surface area is 96.7 Å². The first-order valence-electron chi connectivity index (χ1n) is 5.01. The second-order valence-electron chi connectivity index (χ2n) is 3.39. The van der Waals surface area contributed by atoms with Gasteiger partial charge in [0.25, 0.3) is 11.6 Å². The van der Waals surface area contributed by atoms with Gasteiger partial charge in [-0.2, -0.15) is 0 Å². The molecule has 0 unspecified atom stereocenters. The Morgan fingerprint density at radius 3 is 2.88 bits per heavy atom. The maximum Gasteiger partial charge on any atom is 0.292 e. The number of carbonyl (C=O) groups excluding carboxylic acids is 1. The fourth-order valence-corrected chi connectivity index (χ4v) is 1.47.